The van der Waals surface area contributed by atoms with Gasteiger partial charge in [-0.1, -0.05) is 30.9 Å². The van der Waals surface area contributed by atoms with Crippen LogP contribution >= 0.6 is 23.4 Å². The predicted molar refractivity (Wildman–Crippen MR) is 77.8 cm³/mol. The molecule has 1 atom stereocenters. The van der Waals surface area contributed by atoms with E-state index >= 15 is 0 Å². The molecule has 1 fully saturated rings. The third-order valence-electron chi connectivity index (χ3n) is 3.75. The Hall–Kier alpha value is -0.710. The first-order valence-electron chi connectivity index (χ1n) is 6.64. The van der Waals surface area contributed by atoms with Crippen molar-refractivity contribution in [3.8, 4) is 0 Å². The smallest absolute Gasteiger partial charge is 0.257 e. The van der Waals surface area contributed by atoms with E-state index in [1.807, 2.05) is 6.07 Å². The highest BCUT2D eigenvalue weighted by Gasteiger charge is 2.30. The van der Waals surface area contributed by atoms with Gasteiger partial charge in [-0.2, -0.15) is 0 Å². The lowest BCUT2D eigenvalue weighted by Gasteiger charge is -2.21. The highest BCUT2D eigenvalue weighted by atomic mass is 35.5. The zero-order chi connectivity index (χ0) is 13.4. The molecule has 1 heterocycles. The summed E-state index contributed by atoms with van der Waals surface area (Å²) < 4.78 is 0. The minimum atomic E-state index is -1.08. The Labute approximate surface area is 121 Å². The van der Waals surface area contributed by atoms with Crippen LogP contribution in [0.1, 0.15) is 43.8 Å². The Balaban J connectivity index is 1.83. The maximum atomic E-state index is 11.4. The largest absolute Gasteiger partial charge is 0.378 e. The number of nitrogens with one attached hydrogen (secondary N) is 1. The molecule has 0 aromatic heterocycles. The fraction of sp³-hybridized carbons (Fsp3) is 0.500. The molecule has 1 aromatic rings. The van der Waals surface area contributed by atoms with Crippen molar-refractivity contribution in [2.75, 3.05) is 5.32 Å². The van der Waals surface area contributed by atoms with Gasteiger partial charge in [-0.05, 0) is 25.0 Å². The van der Waals surface area contributed by atoms with Gasteiger partial charge in [0.1, 0.15) is 0 Å². The highest BCUT2D eigenvalue weighted by Crippen LogP contribution is 2.42. The van der Waals surface area contributed by atoms with Crippen LogP contribution in [0.3, 0.4) is 0 Å². The van der Waals surface area contributed by atoms with E-state index in [-0.39, 0.29) is 5.91 Å². The van der Waals surface area contributed by atoms with E-state index in [2.05, 4.69) is 5.32 Å². The number of hydrogen-bond acceptors (Lipinski definition) is 3. The number of hydrogen-bond donors (Lipinski definition) is 2. The molecule has 1 saturated carbocycles. The van der Waals surface area contributed by atoms with E-state index in [0.29, 0.717) is 21.5 Å². The number of thioether (sulfide) groups is 1. The van der Waals surface area contributed by atoms with Crippen molar-refractivity contribution >= 4 is 35.0 Å². The fourth-order valence-corrected chi connectivity index (χ4v) is 4.29. The fourth-order valence-electron chi connectivity index (χ4n) is 2.70. The number of halogens is 1. The summed E-state index contributed by atoms with van der Waals surface area (Å²) in [5.41, 5.74) is 1.28. The van der Waals surface area contributed by atoms with Gasteiger partial charge in [0.05, 0.1) is 5.02 Å². The van der Waals surface area contributed by atoms with E-state index in [1.165, 1.54) is 32.1 Å². The van der Waals surface area contributed by atoms with Gasteiger partial charge in [0.15, 0.2) is 6.10 Å². The van der Waals surface area contributed by atoms with Crippen LogP contribution in [0.2, 0.25) is 5.02 Å². The second kappa shape index (κ2) is 5.35. The maximum absolute atomic E-state index is 11.4. The van der Waals surface area contributed by atoms with Crippen molar-refractivity contribution in [1.82, 2.24) is 0 Å². The lowest BCUT2D eigenvalue weighted by atomic mass is 10.0. The van der Waals surface area contributed by atoms with E-state index < -0.39 is 6.10 Å². The first-order chi connectivity index (χ1) is 9.15. The highest BCUT2D eigenvalue weighted by molar-refractivity contribution is 8.00. The molecule has 1 unspecified atom stereocenters. The summed E-state index contributed by atoms with van der Waals surface area (Å²) >= 11 is 8.06. The standard InChI is InChI=1S/C14H16ClNO2S/c15-10-6-9-11(16-14(18)13(9)17)7-12(10)19-8-4-2-1-3-5-8/h6-8,13,17H,1-5H2,(H,16,18). The van der Waals surface area contributed by atoms with Gasteiger partial charge >= 0.3 is 0 Å². The number of carbonyl (C=O) groups is 1. The average Bonchev–Trinajstić information content (AvgIpc) is 2.67. The summed E-state index contributed by atoms with van der Waals surface area (Å²) in [6.07, 6.45) is 5.28. The topological polar surface area (TPSA) is 49.3 Å². The molecule has 5 heteroatoms. The number of carbonyl (C=O) groups excluding carboxylic acids is 1. The Kier molecular flexibility index (Phi) is 3.74. The van der Waals surface area contributed by atoms with Gasteiger partial charge in [-0.15, -0.1) is 11.8 Å². The van der Waals surface area contributed by atoms with Crippen LogP contribution in [0.4, 0.5) is 5.69 Å². The molecule has 3 nitrogen and oxygen atoms in total. The van der Waals surface area contributed by atoms with Crippen molar-refractivity contribution < 1.29 is 9.90 Å². The van der Waals surface area contributed by atoms with Crippen molar-refractivity contribution in [2.24, 2.45) is 0 Å². The van der Waals surface area contributed by atoms with Gasteiger partial charge in [0.2, 0.25) is 0 Å². The number of anilines is 1. The molecule has 3 rings (SSSR count). The number of amides is 1. The van der Waals surface area contributed by atoms with Crippen LogP contribution in [-0.4, -0.2) is 16.3 Å². The van der Waals surface area contributed by atoms with Gasteiger partial charge in [-0.3, -0.25) is 4.79 Å². The summed E-state index contributed by atoms with van der Waals surface area (Å²) in [7, 11) is 0. The van der Waals surface area contributed by atoms with E-state index in [1.54, 1.807) is 17.8 Å². The Morgan fingerprint density at radius 1 is 1.26 bits per heavy atom. The zero-order valence-electron chi connectivity index (χ0n) is 10.5. The molecule has 0 bridgehead atoms. The molecule has 1 aromatic carbocycles. The summed E-state index contributed by atoms with van der Waals surface area (Å²) in [5.74, 6) is -0.370. The van der Waals surface area contributed by atoms with Crippen LogP contribution < -0.4 is 5.32 Å². The van der Waals surface area contributed by atoms with E-state index in [4.69, 9.17) is 11.6 Å². The molecule has 2 N–H and O–H groups in total. The quantitative estimate of drug-likeness (QED) is 0.874. The van der Waals surface area contributed by atoms with Crippen LogP contribution in [0, 0.1) is 0 Å². The average molecular weight is 298 g/mol. The van der Waals surface area contributed by atoms with Gasteiger partial charge in [-0.25, -0.2) is 0 Å². The molecule has 0 saturated heterocycles. The predicted octanol–water partition coefficient (Wildman–Crippen LogP) is 3.75. The Morgan fingerprint density at radius 3 is 2.74 bits per heavy atom. The van der Waals surface area contributed by atoms with Gasteiger partial charge in [0, 0.05) is 21.4 Å². The van der Waals surface area contributed by atoms with E-state index in [0.717, 1.165) is 4.90 Å². The molecule has 0 spiro atoms. The summed E-state index contributed by atoms with van der Waals surface area (Å²) in [6.45, 7) is 0. The zero-order valence-corrected chi connectivity index (χ0v) is 12.1. The number of benzene rings is 1. The van der Waals surface area contributed by atoms with Crippen LogP contribution in [-0.2, 0) is 4.79 Å². The molecular formula is C14H16ClNO2S. The van der Waals surface area contributed by atoms with Crippen molar-refractivity contribution in [1.29, 1.82) is 0 Å². The summed E-state index contributed by atoms with van der Waals surface area (Å²) in [6, 6.07) is 3.61. The van der Waals surface area contributed by atoms with Crippen LogP contribution in [0.15, 0.2) is 17.0 Å². The third-order valence-corrected chi connectivity index (χ3v) is 5.57. The number of fused-ring (bicyclic) bond motifs is 1. The molecule has 19 heavy (non-hydrogen) atoms. The van der Waals surface area contributed by atoms with Crippen molar-refractivity contribution in [3.63, 3.8) is 0 Å². The molecule has 0 radical (unpaired) electrons. The van der Waals surface area contributed by atoms with Crippen molar-refractivity contribution in [2.45, 2.75) is 48.4 Å². The second-order valence-electron chi connectivity index (χ2n) is 5.14. The number of aliphatic hydroxyl groups excluding tert-OH is 1. The minimum Gasteiger partial charge on any atom is -0.378 e. The lowest BCUT2D eigenvalue weighted by Crippen LogP contribution is -2.10. The normalized spacial score (nSPS) is 23.3. The summed E-state index contributed by atoms with van der Waals surface area (Å²) in [5, 5.41) is 13.6. The molecule has 1 amide bonds. The molecule has 1 aliphatic carbocycles. The van der Waals surface area contributed by atoms with E-state index in [9.17, 15) is 9.90 Å². The van der Waals surface area contributed by atoms with Gasteiger partial charge < -0.3 is 10.4 Å². The minimum absolute atomic E-state index is 0.370. The van der Waals surface area contributed by atoms with Crippen molar-refractivity contribution in [3.05, 3.63) is 22.7 Å². The molecule has 102 valence electrons. The Bertz CT molecular complexity index is 514. The molecular weight excluding hydrogens is 282 g/mol. The molecule has 2 aliphatic rings. The third kappa shape index (κ3) is 2.62. The second-order valence-corrected chi connectivity index (χ2v) is 6.89. The first kappa shape index (κ1) is 13.3. The number of rotatable bonds is 2. The van der Waals surface area contributed by atoms with Crippen LogP contribution in [0.5, 0.6) is 0 Å². The first-order valence-corrected chi connectivity index (χ1v) is 7.90. The van der Waals surface area contributed by atoms with Crippen LogP contribution in [0.25, 0.3) is 0 Å². The number of aliphatic hydroxyl groups is 1. The maximum Gasteiger partial charge on any atom is 0.257 e. The monoisotopic (exact) mass is 297 g/mol. The van der Waals surface area contributed by atoms with Gasteiger partial charge in [0.25, 0.3) is 5.91 Å². The summed E-state index contributed by atoms with van der Waals surface area (Å²) in [4.78, 5) is 12.4. The lowest BCUT2D eigenvalue weighted by molar-refractivity contribution is -0.123. The molecule has 1 aliphatic heterocycles. The SMILES string of the molecule is O=C1Nc2cc(SC3CCCCC3)c(Cl)cc2C1O. The Morgan fingerprint density at radius 2 is 2.00 bits per heavy atom.